The Bertz CT molecular complexity index is 1390. The second kappa shape index (κ2) is 7.32. The number of benzene rings is 2. The fourth-order valence-electron chi connectivity index (χ4n) is 4.44. The molecule has 1 atom stereocenters. The molecule has 0 aliphatic heterocycles. The van der Waals surface area contributed by atoms with Crippen LogP contribution in [0.15, 0.2) is 53.2 Å². The number of fused-ring (bicyclic) bond motifs is 2. The van der Waals surface area contributed by atoms with Gasteiger partial charge in [0.05, 0.1) is 6.26 Å². The van der Waals surface area contributed by atoms with Crippen LogP contribution in [-0.4, -0.2) is 29.4 Å². The summed E-state index contributed by atoms with van der Waals surface area (Å²) in [5, 5.41) is 5.35. The maximum Gasteiger partial charge on any atom is 0.258 e. The van der Waals surface area contributed by atoms with Crippen molar-refractivity contribution in [2.75, 3.05) is 6.26 Å². The molecule has 0 fully saturated rings. The van der Waals surface area contributed by atoms with Crippen LogP contribution in [0, 0.1) is 0 Å². The summed E-state index contributed by atoms with van der Waals surface area (Å²) < 4.78 is 33.9. The van der Waals surface area contributed by atoms with Crippen LogP contribution in [0.5, 0.6) is 0 Å². The Morgan fingerprint density at radius 2 is 2.03 bits per heavy atom. The van der Waals surface area contributed by atoms with Crippen molar-refractivity contribution in [3.8, 4) is 22.8 Å². The molecule has 2 heterocycles. The number of sulfonamides is 1. The van der Waals surface area contributed by atoms with Gasteiger partial charge in [0.1, 0.15) is 0 Å². The van der Waals surface area contributed by atoms with E-state index in [1.807, 2.05) is 24.3 Å². The van der Waals surface area contributed by atoms with E-state index in [2.05, 4.69) is 57.7 Å². The molecule has 8 heteroatoms. The molecule has 4 aromatic rings. The molecule has 1 aliphatic rings. The van der Waals surface area contributed by atoms with Gasteiger partial charge in [-0.25, -0.2) is 13.1 Å². The van der Waals surface area contributed by atoms with E-state index >= 15 is 0 Å². The Kier molecular flexibility index (Phi) is 4.71. The van der Waals surface area contributed by atoms with Crippen LogP contribution in [0.2, 0.25) is 0 Å². The molecule has 5 rings (SSSR count). The van der Waals surface area contributed by atoms with E-state index in [0.29, 0.717) is 24.2 Å². The third-order valence-corrected chi connectivity index (χ3v) is 6.53. The fourth-order valence-corrected chi connectivity index (χ4v) is 5.20. The summed E-state index contributed by atoms with van der Waals surface area (Å²) in [5.41, 5.74) is 4.98. The van der Waals surface area contributed by atoms with Crippen LogP contribution in [0.1, 0.15) is 43.5 Å². The minimum Gasteiger partial charge on any atom is -0.345 e. The van der Waals surface area contributed by atoms with Gasteiger partial charge < -0.3 is 9.09 Å². The number of hydrogen-bond donors (Lipinski definition) is 1. The zero-order chi connectivity index (χ0) is 21.8. The lowest BCUT2D eigenvalue weighted by atomic mass is 10.0. The normalized spacial score (nSPS) is 16.3. The van der Waals surface area contributed by atoms with Gasteiger partial charge in [0.15, 0.2) is 0 Å². The SMILES string of the molecule is CC(C)n1ccc2cc(-c3nc(-c4cccc5c4CC[C@@H]5NS(C)(=O)=O)no3)ccc21. The van der Waals surface area contributed by atoms with Crippen molar-refractivity contribution in [3.05, 3.63) is 59.8 Å². The van der Waals surface area contributed by atoms with Crippen LogP contribution in [-0.2, 0) is 16.4 Å². The molecule has 0 amide bonds. The Morgan fingerprint density at radius 3 is 2.81 bits per heavy atom. The van der Waals surface area contributed by atoms with Crippen molar-refractivity contribution in [1.82, 2.24) is 19.4 Å². The van der Waals surface area contributed by atoms with E-state index in [9.17, 15) is 8.42 Å². The zero-order valence-electron chi connectivity index (χ0n) is 17.7. The first-order valence-electron chi connectivity index (χ1n) is 10.3. The van der Waals surface area contributed by atoms with E-state index in [0.717, 1.165) is 34.1 Å². The molecule has 7 nitrogen and oxygen atoms in total. The molecule has 0 radical (unpaired) electrons. The summed E-state index contributed by atoms with van der Waals surface area (Å²) in [6, 6.07) is 14.2. The number of nitrogens with one attached hydrogen (secondary N) is 1. The minimum atomic E-state index is -3.28. The van der Waals surface area contributed by atoms with Gasteiger partial charge in [-0.15, -0.1) is 0 Å². The molecule has 0 unspecified atom stereocenters. The highest BCUT2D eigenvalue weighted by molar-refractivity contribution is 7.88. The smallest absolute Gasteiger partial charge is 0.258 e. The first kappa shape index (κ1) is 20.0. The van der Waals surface area contributed by atoms with Crippen molar-refractivity contribution in [2.45, 2.75) is 38.8 Å². The van der Waals surface area contributed by atoms with E-state index in [1.165, 1.54) is 11.8 Å². The van der Waals surface area contributed by atoms with Crippen molar-refractivity contribution >= 4 is 20.9 Å². The third kappa shape index (κ3) is 3.66. The topological polar surface area (TPSA) is 90.0 Å². The molecular weight excluding hydrogens is 412 g/mol. The van der Waals surface area contributed by atoms with Gasteiger partial charge in [0.25, 0.3) is 5.89 Å². The van der Waals surface area contributed by atoms with Gasteiger partial charge in [0.2, 0.25) is 15.8 Å². The van der Waals surface area contributed by atoms with Gasteiger partial charge in [-0.05, 0) is 62.1 Å². The lowest BCUT2D eigenvalue weighted by Gasteiger charge is -2.12. The second-order valence-electron chi connectivity index (χ2n) is 8.37. The molecule has 2 aromatic heterocycles. The number of hydrogen-bond acceptors (Lipinski definition) is 5. The molecule has 31 heavy (non-hydrogen) atoms. The average molecular weight is 437 g/mol. The summed E-state index contributed by atoms with van der Waals surface area (Å²) in [6.45, 7) is 4.32. The van der Waals surface area contributed by atoms with Crippen molar-refractivity contribution in [2.24, 2.45) is 0 Å². The highest BCUT2D eigenvalue weighted by Gasteiger charge is 2.28. The Labute approximate surface area is 181 Å². The lowest BCUT2D eigenvalue weighted by molar-refractivity contribution is 0.432. The molecule has 160 valence electrons. The predicted octanol–water partition coefficient (Wildman–Crippen LogP) is 4.48. The van der Waals surface area contributed by atoms with E-state index in [1.54, 1.807) is 0 Å². The first-order valence-corrected chi connectivity index (χ1v) is 12.2. The van der Waals surface area contributed by atoms with Crippen LogP contribution in [0.3, 0.4) is 0 Å². The summed E-state index contributed by atoms with van der Waals surface area (Å²) in [5.74, 6) is 0.988. The van der Waals surface area contributed by atoms with Crippen molar-refractivity contribution in [3.63, 3.8) is 0 Å². The summed E-state index contributed by atoms with van der Waals surface area (Å²) >= 11 is 0. The van der Waals surface area contributed by atoms with E-state index < -0.39 is 10.0 Å². The number of rotatable bonds is 5. The molecule has 0 bridgehead atoms. The van der Waals surface area contributed by atoms with E-state index in [-0.39, 0.29) is 6.04 Å². The van der Waals surface area contributed by atoms with Crippen molar-refractivity contribution < 1.29 is 12.9 Å². The Balaban J connectivity index is 1.49. The maximum atomic E-state index is 11.7. The summed E-state index contributed by atoms with van der Waals surface area (Å²) in [7, 11) is -3.28. The summed E-state index contributed by atoms with van der Waals surface area (Å²) in [4.78, 5) is 4.65. The molecule has 0 saturated carbocycles. The molecule has 0 saturated heterocycles. The average Bonchev–Trinajstić information content (AvgIpc) is 3.44. The van der Waals surface area contributed by atoms with Crippen LogP contribution in [0.25, 0.3) is 33.7 Å². The molecular formula is C23H24N4O3S. The quantitative estimate of drug-likeness (QED) is 0.498. The summed E-state index contributed by atoms with van der Waals surface area (Å²) in [6.07, 6.45) is 4.75. The van der Waals surface area contributed by atoms with Gasteiger partial charge in [0, 0.05) is 40.3 Å². The molecule has 2 aromatic carbocycles. The van der Waals surface area contributed by atoms with Gasteiger partial charge in [-0.1, -0.05) is 23.4 Å². The molecule has 1 aliphatic carbocycles. The monoisotopic (exact) mass is 436 g/mol. The molecule has 1 N–H and O–H groups in total. The van der Waals surface area contributed by atoms with E-state index in [4.69, 9.17) is 4.52 Å². The Hall–Kier alpha value is -2.97. The first-order chi connectivity index (χ1) is 14.8. The molecule has 0 spiro atoms. The minimum absolute atomic E-state index is 0.219. The third-order valence-electron chi connectivity index (χ3n) is 5.82. The van der Waals surface area contributed by atoms with Crippen molar-refractivity contribution in [1.29, 1.82) is 0 Å². The van der Waals surface area contributed by atoms with Gasteiger partial charge >= 0.3 is 0 Å². The number of nitrogens with zero attached hydrogens (tertiary/aromatic N) is 3. The lowest BCUT2D eigenvalue weighted by Crippen LogP contribution is -2.25. The van der Waals surface area contributed by atoms with Crippen LogP contribution < -0.4 is 4.72 Å². The van der Waals surface area contributed by atoms with Gasteiger partial charge in [-0.3, -0.25) is 0 Å². The Morgan fingerprint density at radius 1 is 1.19 bits per heavy atom. The largest absolute Gasteiger partial charge is 0.345 e. The van der Waals surface area contributed by atoms with Crippen LogP contribution >= 0.6 is 0 Å². The second-order valence-corrected chi connectivity index (χ2v) is 10.1. The standard InChI is InChI=1S/C23H24N4O3S/c1-14(2)27-12-11-15-13-16(7-10-21(15)27)23-24-22(25-30-23)19-6-4-5-18-17(19)8-9-20(18)26-31(3,28)29/h4-7,10-14,20,26H,8-9H2,1-3H3/t20-/m0/s1. The zero-order valence-corrected chi connectivity index (χ0v) is 18.5. The number of aromatic nitrogens is 3. The predicted molar refractivity (Wildman–Crippen MR) is 120 cm³/mol. The maximum absolute atomic E-state index is 11.7. The van der Waals surface area contributed by atoms with Gasteiger partial charge in [-0.2, -0.15) is 4.98 Å². The fraction of sp³-hybridized carbons (Fsp3) is 0.304. The highest BCUT2D eigenvalue weighted by Crippen LogP contribution is 2.37. The van der Waals surface area contributed by atoms with Crippen LogP contribution in [0.4, 0.5) is 0 Å². The highest BCUT2D eigenvalue weighted by atomic mass is 32.2.